The van der Waals surface area contributed by atoms with Crippen LogP contribution in [-0.2, 0) is 9.53 Å². The zero-order valence-corrected chi connectivity index (χ0v) is 15.6. The minimum absolute atomic E-state index is 0.245. The minimum atomic E-state index is -0.708. The van der Waals surface area contributed by atoms with E-state index >= 15 is 0 Å². The highest BCUT2D eigenvalue weighted by Gasteiger charge is 2.16. The molecule has 0 unspecified atom stereocenters. The molecule has 138 valence electrons. The fourth-order valence-corrected chi connectivity index (χ4v) is 2.23. The van der Waals surface area contributed by atoms with Gasteiger partial charge in [-0.2, -0.15) is 0 Å². The van der Waals surface area contributed by atoms with Crippen molar-refractivity contribution in [3.8, 4) is 5.75 Å². The lowest BCUT2D eigenvalue weighted by Gasteiger charge is -2.14. The second-order valence-corrected chi connectivity index (χ2v) is 6.20. The molecule has 0 aromatic heterocycles. The molecule has 2 rings (SSSR count). The number of carbonyl (C=O) groups is 2. The number of carbonyl (C=O) groups excluding carboxylic acids is 2. The maximum absolute atomic E-state index is 12.2. The Morgan fingerprint density at radius 3 is 2.35 bits per heavy atom. The van der Waals surface area contributed by atoms with E-state index in [-0.39, 0.29) is 5.91 Å². The highest BCUT2D eigenvalue weighted by atomic mass is 35.5. The van der Waals surface area contributed by atoms with Gasteiger partial charge >= 0.3 is 5.97 Å². The first-order valence-corrected chi connectivity index (χ1v) is 8.87. The van der Waals surface area contributed by atoms with Crippen LogP contribution >= 0.6 is 11.6 Å². The summed E-state index contributed by atoms with van der Waals surface area (Å²) in [5.41, 5.74) is 1.13. The molecule has 1 atom stereocenters. The summed E-state index contributed by atoms with van der Waals surface area (Å²) in [4.78, 5) is 24.0. The zero-order chi connectivity index (χ0) is 18.9. The van der Waals surface area contributed by atoms with Crippen molar-refractivity contribution in [2.45, 2.75) is 32.8 Å². The first-order chi connectivity index (χ1) is 12.5. The molecule has 0 spiro atoms. The average molecular weight is 376 g/mol. The molecular weight excluding hydrogens is 354 g/mol. The van der Waals surface area contributed by atoms with Gasteiger partial charge in [-0.25, -0.2) is 4.79 Å². The number of ether oxygens (including phenoxy) is 2. The SMILES string of the molecule is CCCCOC(=O)[C@@H](C)Oc1ccc(C(=O)Nc2ccc(Cl)cc2)cc1. The van der Waals surface area contributed by atoms with E-state index in [1.54, 1.807) is 55.5 Å². The largest absolute Gasteiger partial charge is 0.479 e. The van der Waals surface area contributed by atoms with Crippen molar-refractivity contribution in [2.24, 2.45) is 0 Å². The van der Waals surface area contributed by atoms with E-state index < -0.39 is 12.1 Å². The number of esters is 1. The molecule has 26 heavy (non-hydrogen) atoms. The third-order valence-electron chi connectivity index (χ3n) is 3.61. The Morgan fingerprint density at radius 1 is 1.08 bits per heavy atom. The van der Waals surface area contributed by atoms with Gasteiger partial charge in [-0.1, -0.05) is 24.9 Å². The lowest BCUT2D eigenvalue weighted by atomic mass is 10.2. The monoisotopic (exact) mass is 375 g/mol. The van der Waals surface area contributed by atoms with Gasteiger partial charge in [-0.05, 0) is 61.9 Å². The standard InChI is InChI=1S/C20H22ClNO4/c1-3-4-13-25-20(24)14(2)26-18-11-5-15(6-12-18)19(23)22-17-9-7-16(21)8-10-17/h5-12,14H,3-4,13H2,1-2H3,(H,22,23)/t14-/m1/s1. The van der Waals surface area contributed by atoms with Crippen LogP contribution in [0.2, 0.25) is 5.02 Å². The molecule has 1 amide bonds. The normalized spacial score (nSPS) is 11.5. The Bertz CT molecular complexity index is 728. The summed E-state index contributed by atoms with van der Waals surface area (Å²) in [5.74, 6) is -0.151. The number of halogens is 1. The summed E-state index contributed by atoms with van der Waals surface area (Å²) in [6.45, 7) is 4.06. The fourth-order valence-electron chi connectivity index (χ4n) is 2.11. The van der Waals surface area contributed by atoms with Crippen molar-refractivity contribution < 1.29 is 19.1 Å². The topological polar surface area (TPSA) is 64.6 Å². The molecule has 6 heteroatoms. The number of unbranched alkanes of at least 4 members (excludes halogenated alkanes) is 1. The molecule has 0 aliphatic carbocycles. The van der Waals surface area contributed by atoms with E-state index in [4.69, 9.17) is 21.1 Å². The lowest BCUT2D eigenvalue weighted by Crippen LogP contribution is -2.26. The van der Waals surface area contributed by atoms with Gasteiger partial charge in [0, 0.05) is 16.3 Å². The molecule has 0 saturated heterocycles. The molecule has 0 radical (unpaired) electrons. The molecule has 2 aromatic rings. The van der Waals surface area contributed by atoms with E-state index in [9.17, 15) is 9.59 Å². The van der Waals surface area contributed by atoms with Crippen molar-refractivity contribution in [1.29, 1.82) is 0 Å². The van der Waals surface area contributed by atoms with E-state index in [0.29, 0.717) is 28.6 Å². The zero-order valence-electron chi connectivity index (χ0n) is 14.8. The number of hydrogen-bond acceptors (Lipinski definition) is 4. The van der Waals surface area contributed by atoms with Gasteiger partial charge in [0.25, 0.3) is 5.91 Å². The van der Waals surface area contributed by atoms with Crippen molar-refractivity contribution >= 4 is 29.2 Å². The minimum Gasteiger partial charge on any atom is -0.479 e. The molecule has 0 heterocycles. The third kappa shape index (κ3) is 6.08. The van der Waals surface area contributed by atoms with Crippen molar-refractivity contribution in [1.82, 2.24) is 0 Å². The van der Waals surface area contributed by atoms with Crippen LogP contribution in [0.3, 0.4) is 0 Å². The Balaban J connectivity index is 1.89. The molecule has 0 aliphatic heterocycles. The van der Waals surface area contributed by atoms with Crippen molar-refractivity contribution in [3.05, 3.63) is 59.1 Å². The number of nitrogens with one attached hydrogen (secondary N) is 1. The van der Waals surface area contributed by atoms with Crippen LogP contribution < -0.4 is 10.1 Å². The van der Waals surface area contributed by atoms with Gasteiger partial charge in [0.15, 0.2) is 6.10 Å². The number of amides is 1. The van der Waals surface area contributed by atoms with E-state index in [2.05, 4.69) is 5.32 Å². The summed E-state index contributed by atoms with van der Waals surface area (Å²) in [6, 6.07) is 13.4. The van der Waals surface area contributed by atoms with Crippen molar-refractivity contribution in [2.75, 3.05) is 11.9 Å². The molecule has 0 saturated carbocycles. The maximum Gasteiger partial charge on any atom is 0.347 e. The molecule has 0 fully saturated rings. The van der Waals surface area contributed by atoms with Gasteiger partial charge in [-0.3, -0.25) is 4.79 Å². The smallest absolute Gasteiger partial charge is 0.347 e. The second-order valence-electron chi connectivity index (χ2n) is 5.77. The summed E-state index contributed by atoms with van der Waals surface area (Å²) in [7, 11) is 0. The van der Waals surface area contributed by atoms with Gasteiger partial charge in [-0.15, -0.1) is 0 Å². The van der Waals surface area contributed by atoms with Gasteiger partial charge in [0.2, 0.25) is 0 Å². The van der Waals surface area contributed by atoms with Crippen LogP contribution in [0.4, 0.5) is 5.69 Å². The molecular formula is C20H22ClNO4. The van der Waals surface area contributed by atoms with Gasteiger partial charge < -0.3 is 14.8 Å². The summed E-state index contributed by atoms with van der Waals surface area (Å²) in [5, 5.41) is 3.38. The Kier molecular flexibility index (Phi) is 7.48. The van der Waals surface area contributed by atoms with Crippen LogP contribution in [-0.4, -0.2) is 24.6 Å². The van der Waals surface area contributed by atoms with Crippen LogP contribution in [0.5, 0.6) is 5.75 Å². The first-order valence-electron chi connectivity index (χ1n) is 8.50. The predicted octanol–water partition coefficient (Wildman–Crippen LogP) is 4.70. The van der Waals surface area contributed by atoms with Crippen LogP contribution in [0.25, 0.3) is 0 Å². The quantitative estimate of drug-likeness (QED) is 0.536. The van der Waals surface area contributed by atoms with Crippen LogP contribution in [0.1, 0.15) is 37.0 Å². The molecule has 0 bridgehead atoms. The molecule has 2 aromatic carbocycles. The first kappa shape index (κ1) is 19.8. The van der Waals surface area contributed by atoms with Gasteiger partial charge in [0.05, 0.1) is 6.61 Å². The number of anilines is 1. The second kappa shape index (κ2) is 9.82. The van der Waals surface area contributed by atoms with Crippen LogP contribution in [0, 0.1) is 0 Å². The van der Waals surface area contributed by atoms with Crippen molar-refractivity contribution in [3.63, 3.8) is 0 Å². The summed E-state index contributed by atoms with van der Waals surface area (Å²) >= 11 is 5.82. The summed E-state index contributed by atoms with van der Waals surface area (Å²) in [6.07, 6.45) is 1.08. The third-order valence-corrected chi connectivity index (χ3v) is 3.86. The van der Waals surface area contributed by atoms with Gasteiger partial charge in [0.1, 0.15) is 5.75 Å². The highest BCUT2D eigenvalue weighted by molar-refractivity contribution is 6.30. The average Bonchev–Trinajstić information content (AvgIpc) is 2.64. The highest BCUT2D eigenvalue weighted by Crippen LogP contribution is 2.17. The van der Waals surface area contributed by atoms with Crippen LogP contribution in [0.15, 0.2) is 48.5 Å². The number of rotatable bonds is 8. The molecule has 1 N–H and O–H groups in total. The summed E-state index contributed by atoms with van der Waals surface area (Å²) < 4.78 is 10.7. The van der Waals surface area contributed by atoms with E-state index in [1.807, 2.05) is 6.92 Å². The van der Waals surface area contributed by atoms with E-state index in [1.165, 1.54) is 0 Å². The number of benzene rings is 2. The maximum atomic E-state index is 12.2. The fraction of sp³-hybridized carbons (Fsp3) is 0.300. The Labute approximate surface area is 158 Å². The van der Waals surface area contributed by atoms with E-state index in [0.717, 1.165) is 12.8 Å². The lowest BCUT2D eigenvalue weighted by molar-refractivity contribution is -0.151. The molecule has 0 aliphatic rings. The predicted molar refractivity (Wildman–Crippen MR) is 102 cm³/mol. The number of hydrogen-bond donors (Lipinski definition) is 1. The Hall–Kier alpha value is -2.53. The molecule has 5 nitrogen and oxygen atoms in total. The Morgan fingerprint density at radius 2 is 1.73 bits per heavy atom.